The number of hydrazine groups is 1. The van der Waals surface area contributed by atoms with Crippen LogP contribution in [0.15, 0.2) is 72.8 Å². The van der Waals surface area contributed by atoms with Gasteiger partial charge in [0.15, 0.2) is 6.30 Å². The van der Waals surface area contributed by atoms with Crippen molar-refractivity contribution < 1.29 is 14.3 Å². The molecule has 3 aromatic rings. The summed E-state index contributed by atoms with van der Waals surface area (Å²) in [5.74, 6) is -0.531. The standard InChI is InChI=1S/C29H27FN2O2/c1-18-16-22(11-10-19(18)13-15-26(33)34)28(23-12-14-25-24(17-23)29(30)32-31-25)27(21-8-5-9-21)20-6-3-2-4-7-20/h2-4,6-7,10-17,21,29,31-32H,5,8-9H2,1H3,(H,33,34)/b15-13+,28-27-. The second-order valence-electron chi connectivity index (χ2n) is 8.96. The van der Waals surface area contributed by atoms with Crippen LogP contribution in [0.2, 0.25) is 0 Å². The van der Waals surface area contributed by atoms with Crippen LogP contribution >= 0.6 is 0 Å². The van der Waals surface area contributed by atoms with Crippen molar-refractivity contribution in [3.63, 3.8) is 0 Å². The number of anilines is 1. The molecule has 5 rings (SSSR count). The van der Waals surface area contributed by atoms with E-state index in [2.05, 4.69) is 47.2 Å². The van der Waals surface area contributed by atoms with Crippen LogP contribution < -0.4 is 10.9 Å². The molecule has 1 atom stereocenters. The highest BCUT2D eigenvalue weighted by atomic mass is 19.1. The van der Waals surface area contributed by atoms with Gasteiger partial charge in [-0.3, -0.25) is 0 Å². The summed E-state index contributed by atoms with van der Waals surface area (Å²) in [7, 11) is 0. The number of fused-ring (bicyclic) bond motifs is 1. The quantitative estimate of drug-likeness (QED) is 0.219. The Balaban J connectivity index is 1.73. The Morgan fingerprint density at radius 3 is 2.41 bits per heavy atom. The van der Waals surface area contributed by atoms with E-state index >= 15 is 0 Å². The summed E-state index contributed by atoms with van der Waals surface area (Å²) in [5, 5.41) is 9.01. The monoisotopic (exact) mass is 454 g/mol. The molecule has 0 amide bonds. The number of nitrogens with one attached hydrogen (secondary N) is 2. The highest BCUT2D eigenvalue weighted by Crippen LogP contribution is 2.46. The molecule has 4 nitrogen and oxygen atoms in total. The van der Waals surface area contributed by atoms with E-state index in [0.29, 0.717) is 11.5 Å². The van der Waals surface area contributed by atoms with Crippen LogP contribution in [-0.2, 0) is 4.79 Å². The number of carboxylic acids is 1. The number of alkyl halides is 1. The van der Waals surface area contributed by atoms with Gasteiger partial charge in [-0.2, -0.15) is 0 Å². The fourth-order valence-corrected chi connectivity index (χ4v) is 4.82. The van der Waals surface area contributed by atoms with Crippen molar-refractivity contribution >= 4 is 28.9 Å². The summed E-state index contributed by atoms with van der Waals surface area (Å²) < 4.78 is 14.5. The third-order valence-electron chi connectivity index (χ3n) is 6.78. The molecule has 0 radical (unpaired) electrons. The van der Waals surface area contributed by atoms with Gasteiger partial charge in [0.2, 0.25) is 0 Å². The number of hydrogen-bond acceptors (Lipinski definition) is 3. The Kier molecular flexibility index (Phi) is 6.03. The lowest BCUT2D eigenvalue weighted by molar-refractivity contribution is -0.131. The summed E-state index contributed by atoms with van der Waals surface area (Å²) in [6.07, 6.45) is 4.99. The van der Waals surface area contributed by atoms with Crippen LogP contribution in [0.5, 0.6) is 0 Å². The zero-order valence-electron chi connectivity index (χ0n) is 19.0. The third kappa shape index (κ3) is 4.27. The number of hydrogen-bond donors (Lipinski definition) is 3. The fourth-order valence-electron chi connectivity index (χ4n) is 4.82. The smallest absolute Gasteiger partial charge is 0.328 e. The van der Waals surface area contributed by atoms with Crippen molar-refractivity contribution in [3.8, 4) is 0 Å². The fraction of sp³-hybridized carbons (Fsp3) is 0.207. The number of rotatable bonds is 6. The first-order chi connectivity index (χ1) is 16.5. The molecule has 1 saturated carbocycles. The Labute approximate surface area is 198 Å². The molecule has 0 bridgehead atoms. The minimum Gasteiger partial charge on any atom is -0.478 e. The van der Waals surface area contributed by atoms with Gasteiger partial charge in [-0.15, -0.1) is 0 Å². The Morgan fingerprint density at radius 1 is 1.00 bits per heavy atom. The zero-order chi connectivity index (χ0) is 23.7. The average Bonchev–Trinajstić information content (AvgIpc) is 3.17. The summed E-state index contributed by atoms with van der Waals surface area (Å²) in [5.41, 5.74) is 14.4. The lowest BCUT2D eigenvalue weighted by atomic mass is 9.73. The number of carbonyl (C=O) groups is 1. The zero-order valence-corrected chi connectivity index (χ0v) is 19.0. The van der Waals surface area contributed by atoms with Crippen molar-refractivity contribution in [2.24, 2.45) is 5.92 Å². The molecule has 0 saturated heterocycles. The van der Waals surface area contributed by atoms with E-state index in [9.17, 15) is 9.18 Å². The number of benzene rings is 3. The van der Waals surface area contributed by atoms with Crippen LogP contribution in [0.25, 0.3) is 17.2 Å². The maximum Gasteiger partial charge on any atom is 0.328 e. The van der Waals surface area contributed by atoms with Crippen LogP contribution in [-0.4, -0.2) is 11.1 Å². The van der Waals surface area contributed by atoms with E-state index in [1.165, 1.54) is 17.6 Å². The molecule has 3 aromatic carbocycles. The van der Waals surface area contributed by atoms with Gasteiger partial charge in [-0.1, -0.05) is 61.0 Å². The number of allylic oxidation sites excluding steroid dienone is 1. The second-order valence-corrected chi connectivity index (χ2v) is 8.96. The van der Waals surface area contributed by atoms with Crippen molar-refractivity contribution in [3.05, 3.63) is 106 Å². The average molecular weight is 455 g/mol. The van der Waals surface area contributed by atoms with Crippen LogP contribution in [0, 0.1) is 12.8 Å². The molecular weight excluding hydrogens is 427 g/mol. The van der Waals surface area contributed by atoms with Crippen LogP contribution in [0.4, 0.5) is 10.1 Å². The molecular formula is C29H27FN2O2. The van der Waals surface area contributed by atoms with Gasteiger partial charge < -0.3 is 10.5 Å². The SMILES string of the molecule is Cc1cc(/C(=C(\c2ccccc2)C2CCC2)c2ccc3c(c2)C(F)NN3)ccc1/C=C/C(=O)O. The van der Waals surface area contributed by atoms with Gasteiger partial charge in [0.25, 0.3) is 0 Å². The predicted octanol–water partition coefficient (Wildman–Crippen LogP) is 6.75. The van der Waals surface area contributed by atoms with Gasteiger partial charge in [-0.25, -0.2) is 14.6 Å². The van der Waals surface area contributed by atoms with Crippen molar-refractivity contribution in [2.75, 3.05) is 5.43 Å². The van der Waals surface area contributed by atoms with Crippen LogP contribution in [0.1, 0.15) is 58.9 Å². The molecule has 2 aliphatic rings. The minimum absolute atomic E-state index is 0.440. The van der Waals surface area contributed by atoms with Crippen LogP contribution in [0.3, 0.4) is 0 Å². The molecule has 34 heavy (non-hydrogen) atoms. The first-order valence-electron chi connectivity index (χ1n) is 11.6. The summed E-state index contributed by atoms with van der Waals surface area (Å²) >= 11 is 0. The summed E-state index contributed by atoms with van der Waals surface area (Å²) in [6, 6.07) is 22.5. The molecule has 1 unspecified atom stereocenters. The van der Waals surface area contributed by atoms with Crippen molar-refractivity contribution in [1.29, 1.82) is 0 Å². The largest absolute Gasteiger partial charge is 0.478 e. The minimum atomic E-state index is -1.26. The third-order valence-corrected chi connectivity index (χ3v) is 6.78. The second kappa shape index (κ2) is 9.27. The van der Waals surface area contributed by atoms with E-state index in [1.54, 1.807) is 6.08 Å². The lowest BCUT2D eigenvalue weighted by Crippen LogP contribution is -2.15. The number of carboxylic acid groups (broad SMARTS) is 1. The topological polar surface area (TPSA) is 61.4 Å². The number of aliphatic carboxylic acids is 1. The maximum absolute atomic E-state index is 14.5. The van der Waals surface area contributed by atoms with Crippen molar-refractivity contribution in [2.45, 2.75) is 32.5 Å². The molecule has 172 valence electrons. The normalized spacial score (nSPS) is 18.2. The maximum atomic E-state index is 14.5. The molecule has 1 aliphatic carbocycles. The van der Waals surface area contributed by atoms with Gasteiger partial charge in [-0.05, 0) is 82.9 Å². The first-order valence-corrected chi connectivity index (χ1v) is 11.6. The van der Waals surface area contributed by atoms with Gasteiger partial charge in [0.05, 0.1) is 5.69 Å². The Bertz CT molecular complexity index is 1290. The highest BCUT2D eigenvalue weighted by Gasteiger charge is 2.28. The molecule has 1 fully saturated rings. The van der Waals surface area contributed by atoms with Gasteiger partial charge in [0, 0.05) is 11.6 Å². The molecule has 5 heteroatoms. The number of halogens is 1. The molecule has 0 spiro atoms. The van der Waals surface area contributed by atoms with E-state index in [0.717, 1.165) is 52.4 Å². The Morgan fingerprint density at radius 2 is 1.74 bits per heavy atom. The molecule has 0 aromatic heterocycles. The van der Waals surface area contributed by atoms with Crippen molar-refractivity contribution in [1.82, 2.24) is 5.43 Å². The molecule has 1 heterocycles. The summed E-state index contributed by atoms with van der Waals surface area (Å²) in [6.45, 7) is 1.99. The van der Waals surface area contributed by atoms with E-state index in [-0.39, 0.29) is 0 Å². The molecule has 1 aliphatic heterocycles. The van der Waals surface area contributed by atoms with Gasteiger partial charge >= 0.3 is 5.97 Å². The van der Waals surface area contributed by atoms with E-state index in [1.807, 2.05) is 37.3 Å². The Hall–Kier alpha value is -3.70. The first kappa shape index (κ1) is 22.1. The number of aryl methyl sites for hydroxylation is 1. The predicted molar refractivity (Wildman–Crippen MR) is 135 cm³/mol. The highest BCUT2D eigenvalue weighted by molar-refractivity contribution is 6.00. The molecule has 3 N–H and O–H groups in total. The summed E-state index contributed by atoms with van der Waals surface area (Å²) in [4.78, 5) is 11.0. The van der Waals surface area contributed by atoms with Gasteiger partial charge in [0.1, 0.15) is 0 Å². The lowest BCUT2D eigenvalue weighted by Gasteiger charge is -2.32. The van der Waals surface area contributed by atoms with E-state index < -0.39 is 12.3 Å². The van der Waals surface area contributed by atoms with E-state index in [4.69, 9.17) is 5.11 Å².